The zero-order valence-corrected chi connectivity index (χ0v) is 14.6. The van der Waals surface area contributed by atoms with E-state index < -0.39 is 10.8 Å². The molecule has 1 N–H and O–H groups in total. The lowest BCUT2D eigenvalue weighted by Crippen LogP contribution is -2.13. The number of nitrogens with one attached hydrogen (secondary N) is 1. The average molecular weight is 397 g/mol. The maximum absolute atomic E-state index is 12.2. The van der Waals surface area contributed by atoms with Gasteiger partial charge in [0.1, 0.15) is 11.6 Å². The van der Waals surface area contributed by atoms with E-state index in [4.69, 9.17) is 34.8 Å². The van der Waals surface area contributed by atoms with Gasteiger partial charge in [-0.1, -0.05) is 40.9 Å². The summed E-state index contributed by atoms with van der Waals surface area (Å²) in [6.45, 7) is 0. The molecule has 1 amide bonds. The third kappa shape index (κ3) is 4.70. The van der Waals surface area contributed by atoms with Crippen molar-refractivity contribution >= 4 is 58.2 Å². The van der Waals surface area contributed by atoms with Crippen molar-refractivity contribution in [3.05, 3.63) is 72.7 Å². The Balaban J connectivity index is 2.28. The summed E-state index contributed by atoms with van der Waals surface area (Å²) in [5, 5.41) is 23.0. The van der Waals surface area contributed by atoms with Gasteiger partial charge in [-0.2, -0.15) is 5.26 Å². The Kier molecular flexibility index (Phi) is 5.99. The zero-order valence-electron chi connectivity index (χ0n) is 12.3. The van der Waals surface area contributed by atoms with Crippen molar-refractivity contribution in [2.75, 3.05) is 5.32 Å². The average Bonchev–Trinajstić information content (AvgIpc) is 2.55. The number of amides is 1. The molecule has 0 atom stereocenters. The Hall–Kier alpha value is -2.59. The molecule has 126 valence electrons. The van der Waals surface area contributed by atoms with Crippen LogP contribution < -0.4 is 5.32 Å². The van der Waals surface area contributed by atoms with E-state index in [1.54, 1.807) is 18.2 Å². The number of non-ortho nitro benzene ring substituents is 1. The van der Waals surface area contributed by atoms with Crippen molar-refractivity contribution in [1.29, 1.82) is 5.26 Å². The van der Waals surface area contributed by atoms with E-state index in [0.717, 1.165) is 6.07 Å². The second kappa shape index (κ2) is 7.99. The van der Waals surface area contributed by atoms with Gasteiger partial charge in [-0.05, 0) is 29.8 Å². The molecule has 0 spiro atoms. The van der Waals surface area contributed by atoms with Crippen LogP contribution in [-0.4, -0.2) is 10.8 Å². The lowest BCUT2D eigenvalue weighted by atomic mass is 10.1. The van der Waals surface area contributed by atoms with Crippen LogP contribution in [0.25, 0.3) is 6.08 Å². The SMILES string of the molecule is N#C/C(=C\c1ccc(Cl)cc1Cl)C(=O)Nc1ccc([N+](=O)[O-])cc1Cl. The van der Waals surface area contributed by atoms with Gasteiger partial charge in [0.2, 0.25) is 0 Å². The molecule has 0 aliphatic heterocycles. The van der Waals surface area contributed by atoms with Crippen molar-refractivity contribution < 1.29 is 9.72 Å². The number of nitro groups is 1. The lowest BCUT2D eigenvalue weighted by Gasteiger charge is -2.07. The standard InChI is InChI=1S/C16H8Cl3N3O3/c17-11-2-1-9(13(18)6-11)5-10(8-20)16(23)21-15-4-3-12(22(24)25)7-14(15)19/h1-7H,(H,21,23)/b10-5+. The second-order valence-electron chi connectivity index (χ2n) is 4.71. The molecule has 9 heteroatoms. The molecular formula is C16H8Cl3N3O3. The Morgan fingerprint density at radius 2 is 1.88 bits per heavy atom. The lowest BCUT2D eigenvalue weighted by molar-refractivity contribution is -0.384. The van der Waals surface area contributed by atoms with E-state index in [2.05, 4.69) is 5.32 Å². The first-order valence-electron chi connectivity index (χ1n) is 6.64. The first-order valence-corrected chi connectivity index (χ1v) is 7.77. The number of nitrogens with zero attached hydrogens (tertiary/aromatic N) is 2. The summed E-state index contributed by atoms with van der Waals surface area (Å²) in [6, 6.07) is 9.95. The molecule has 6 nitrogen and oxygen atoms in total. The molecule has 0 heterocycles. The largest absolute Gasteiger partial charge is 0.320 e. The molecule has 25 heavy (non-hydrogen) atoms. The number of anilines is 1. The second-order valence-corrected chi connectivity index (χ2v) is 5.96. The van der Waals surface area contributed by atoms with E-state index in [1.165, 1.54) is 24.3 Å². The first kappa shape index (κ1) is 18.7. The number of nitro benzene ring substituents is 1. The fourth-order valence-electron chi connectivity index (χ4n) is 1.83. The van der Waals surface area contributed by atoms with Crippen molar-refractivity contribution in [3.8, 4) is 6.07 Å². The van der Waals surface area contributed by atoms with Gasteiger partial charge in [0.15, 0.2) is 0 Å². The van der Waals surface area contributed by atoms with Crippen molar-refractivity contribution in [1.82, 2.24) is 0 Å². The molecule has 0 fully saturated rings. The Morgan fingerprint density at radius 3 is 2.44 bits per heavy atom. The Morgan fingerprint density at radius 1 is 1.16 bits per heavy atom. The minimum Gasteiger partial charge on any atom is -0.320 e. The van der Waals surface area contributed by atoms with Crippen LogP contribution in [0.3, 0.4) is 0 Å². The fraction of sp³-hybridized carbons (Fsp3) is 0. The quantitative estimate of drug-likeness (QED) is 0.336. The van der Waals surface area contributed by atoms with E-state index in [9.17, 15) is 20.2 Å². The van der Waals surface area contributed by atoms with Gasteiger partial charge in [0, 0.05) is 22.2 Å². The molecule has 0 aliphatic carbocycles. The van der Waals surface area contributed by atoms with Gasteiger partial charge in [-0.3, -0.25) is 14.9 Å². The number of halogens is 3. The summed E-state index contributed by atoms with van der Waals surface area (Å²) in [5.74, 6) is -0.732. The van der Waals surface area contributed by atoms with Crippen molar-refractivity contribution in [2.45, 2.75) is 0 Å². The number of benzene rings is 2. The van der Waals surface area contributed by atoms with Crippen LogP contribution in [-0.2, 0) is 4.79 Å². The summed E-state index contributed by atoms with van der Waals surface area (Å²) in [5.41, 5.74) is 0.138. The van der Waals surface area contributed by atoms with Crippen LogP contribution in [0.2, 0.25) is 15.1 Å². The Labute approximate surface area is 157 Å². The number of hydrogen-bond donors (Lipinski definition) is 1. The normalized spacial score (nSPS) is 10.9. The molecule has 0 saturated carbocycles. The van der Waals surface area contributed by atoms with Gasteiger partial charge in [0.25, 0.3) is 11.6 Å². The van der Waals surface area contributed by atoms with Crippen LogP contribution in [0.5, 0.6) is 0 Å². The zero-order chi connectivity index (χ0) is 18.6. The van der Waals surface area contributed by atoms with Crippen LogP contribution >= 0.6 is 34.8 Å². The summed E-state index contributed by atoms with van der Waals surface area (Å²) in [6.07, 6.45) is 1.30. The summed E-state index contributed by atoms with van der Waals surface area (Å²) in [7, 11) is 0. The summed E-state index contributed by atoms with van der Waals surface area (Å²) < 4.78 is 0. The van der Waals surface area contributed by atoms with E-state index >= 15 is 0 Å². The molecule has 0 radical (unpaired) electrons. The minimum absolute atomic E-state index is 0.0237. The van der Waals surface area contributed by atoms with Gasteiger partial charge in [0.05, 0.1) is 15.6 Å². The Bertz CT molecular complexity index is 936. The van der Waals surface area contributed by atoms with Gasteiger partial charge < -0.3 is 5.32 Å². The molecular weight excluding hydrogens is 389 g/mol. The van der Waals surface area contributed by atoms with Gasteiger partial charge in [-0.15, -0.1) is 0 Å². The van der Waals surface area contributed by atoms with Crippen LogP contribution in [0, 0.1) is 21.4 Å². The predicted octanol–water partition coefficient (Wildman–Crippen LogP) is 5.10. The molecule has 2 aromatic carbocycles. The highest BCUT2D eigenvalue weighted by atomic mass is 35.5. The van der Waals surface area contributed by atoms with Gasteiger partial charge in [-0.25, -0.2) is 0 Å². The third-order valence-electron chi connectivity index (χ3n) is 3.04. The van der Waals surface area contributed by atoms with E-state index in [1.807, 2.05) is 0 Å². The fourth-order valence-corrected chi connectivity index (χ4v) is 2.52. The molecule has 2 rings (SSSR count). The highest BCUT2D eigenvalue weighted by molar-refractivity contribution is 6.36. The number of hydrogen-bond acceptors (Lipinski definition) is 4. The minimum atomic E-state index is -0.732. The molecule has 0 aromatic heterocycles. The number of carbonyl (C=O) groups is 1. The molecule has 0 unspecified atom stereocenters. The number of rotatable bonds is 4. The van der Waals surface area contributed by atoms with E-state index in [0.29, 0.717) is 10.6 Å². The predicted molar refractivity (Wildman–Crippen MR) is 96.8 cm³/mol. The van der Waals surface area contributed by atoms with Crippen molar-refractivity contribution in [2.24, 2.45) is 0 Å². The summed E-state index contributed by atoms with van der Waals surface area (Å²) >= 11 is 17.7. The van der Waals surface area contributed by atoms with Crippen LogP contribution in [0.15, 0.2) is 42.0 Å². The highest BCUT2D eigenvalue weighted by Gasteiger charge is 2.15. The van der Waals surface area contributed by atoms with Crippen molar-refractivity contribution in [3.63, 3.8) is 0 Å². The first-order chi connectivity index (χ1) is 11.8. The van der Waals surface area contributed by atoms with Gasteiger partial charge >= 0.3 is 0 Å². The smallest absolute Gasteiger partial charge is 0.271 e. The van der Waals surface area contributed by atoms with Crippen LogP contribution in [0.4, 0.5) is 11.4 Å². The maximum Gasteiger partial charge on any atom is 0.271 e. The molecule has 0 aliphatic rings. The monoisotopic (exact) mass is 395 g/mol. The van der Waals surface area contributed by atoms with Crippen LogP contribution in [0.1, 0.15) is 5.56 Å². The topological polar surface area (TPSA) is 96.0 Å². The molecule has 0 saturated heterocycles. The highest BCUT2D eigenvalue weighted by Crippen LogP contribution is 2.27. The third-order valence-corrected chi connectivity index (χ3v) is 3.91. The maximum atomic E-state index is 12.2. The summed E-state index contributed by atoms with van der Waals surface area (Å²) in [4.78, 5) is 22.3. The number of carbonyl (C=O) groups excluding carboxylic acids is 1. The van der Waals surface area contributed by atoms with E-state index in [-0.39, 0.29) is 27.0 Å². The number of nitriles is 1. The molecule has 0 bridgehead atoms. The molecule has 2 aromatic rings.